The molecule has 0 radical (unpaired) electrons. The molecule has 1 aliphatic carbocycles. The van der Waals surface area contributed by atoms with Gasteiger partial charge in [0, 0.05) is 52.2 Å². The number of hydrogen-bond donors (Lipinski definition) is 2. The van der Waals surface area contributed by atoms with Crippen LogP contribution < -0.4 is 10.6 Å². The average molecular weight is 471 g/mol. The summed E-state index contributed by atoms with van der Waals surface area (Å²) >= 11 is 0. The van der Waals surface area contributed by atoms with Crippen LogP contribution in [0.2, 0.25) is 0 Å². The van der Waals surface area contributed by atoms with E-state index in [4.69, 9.17) is 9.72 Å². The Morgan fingerprint density at radius 3 is 2.88 bits per heavy atom. The molecule has 2 N–H and O–H groups in total. The van der Waals surface area contributed by atoms with Gasteiger partial charge < -0.3 is 19.8 Å². The average Bonchev–Trinajstić information content (AvgIpc) is 3.34. The summed E-state index contributed by atoms with van der Waals surface area (Å²) < 4.78 is 7.72. The molecule has 144 valence electrons. The molecule has 7 heteroatoms. The van der Waals surface area contributed by atoms with Gasteiger partial charge in [-0.1, -0.05) is 6.07 Å². The summed E-state index contributed by atoms with van der Waals surface area (Å²) in [5.74, 6) is 1.67. The largest absolute Gasteiger partial charge is 0.381 e. The summed E-state index contributed by atoms with van der Waals surface area (Å²) in [7, 11) is 1.80. The second-order valence-corrected chi connectivity index (χ2v) is 6.70. The third kappa shape index (κ3) is 6.42. The number of guanidine groups is 1. The van der Waals surface area contributed by atoms with Gasteiger partial charge >= 0.3 is 0 Å². The molecule has 6 nitrogen and oxygen atoms in total. The number of aryl methyl sites for hydroxylation is 1. The molecular weight excluding hydrogens is 441 g/mol. The minimum Gasteiger partial charge on any atom is -0.381 e. The van der Waals surface area contributed by atoms with E-state index in [1.165, 1.54) is 18.4 Å². The van der Waals surface area contributed by atoms with E-state index in [2.05, 4.69) is 39.2 Å². The second kappa shape index (κ2) is 10.7. The number of pyridine rings is 1. The second-order valence-electron chi connectivity index (χ2n) is 6.70. The van der Waals surface area contributed by atoms with Crippen LogP contribution in [0.25, 0.3) is 5.65 Å². The molecule has 0 saturated heterocycles. The normalized spacial score (nSPS) is 14.3. The molecule has 0 atom stereocenters. The smallest absolute Gasteiger partial charge is 0.190 e. The van der Waals surface area contributed by atoms with E-state index in [0.717, 1.165) is 62.4 Å². The lowest BCUT2D eigenvalue weighted by molar-refractivity contribution is 0.123. The van der Waals surface area contributed by atoms with Gasteiger partial charge in [-0.25, -0.2) is 4.98 Å². The lowest BCUT2D eigenvalue weighted by atomic mass is 10.3. The molecule has 0 spiro atoms. The summed E-state index contributed by atoms with van der Waals surface area (Å²) in [6, 6.07) is 4.14. The SMILES string of the molecule is CN=C(NCCCOCC1CC1)NCCc1cn2cccc(C)c2n1.I. The molecule has 0 aliphatic heterocycles. The van der Waals surface area contributed by atoms with Crippen molar-refractivity contribution in [3.8, 4) is 0 Å². The number of aromatic nitrogens is 2. The van der Waals surface area contributed by atoms with Gasteiger partial charge in [0.2, 0.25) is 0 Å². The van der Waals surface area contributed by atoms with E-state index in [0.29, 0.717) is 0 Å². The highest BCUT2D eigenvalue weighted by Gasteiger charge is 2.20. The highest BCUT2D eigenvalue weighted by atomic mass is 127. The van der Waals surface area contributed by atoms with Crippen molar-refractivity contribution in [2.24, 2.45) is 10.9 Å². The van der Waals surface area contributed by atoms with E-state index in [1.54, 1.807) is 7.05 Å². The fourth-order valence-electron chi connectivity index (χ4n) is 2.77. The minimum atomic E-state index is 0. The van der Waals surface area contributed by atoms with Crippen LogP contribution in [0.15, 0.2) is 29.5 Å². The fourth-order valence-corrected chi connectivity index (χ4v) is 2.77. The number of fused-ring (bicyclic) bond motifs is 1. The summed E-state index contributed by atoms with van der Waals surface area (Å²) in [5.41, 5.74) is 3.32. The first-order valence-electron chi connectivity index (χ1n) is 9.21. The lowest BCUT2D eigenvalue weighted by Gasteiger charge is -2.11. The van der Waals surface area contributed by atoms with Crippen LogP contribution >= 0.6 is 24.0 Å². The van der Waals surface area contributed by atoms with Gasteiger partial charge in [-0.15, -0.1) is 24.0 Å². The highest BCUT2D eigenvalue weighted by molar-refractivity contribution is 14.0. The maximum Gasteiger partial charge on any atom is 0.190 e. The van der Waals surface area contributed by atoms with E-state index in [9.17, 15) is 0 Å². The van der Waals surface area contributed by atoms with Crippen LogP contribution in [-0.4, -0.2) is 48.7 Å². The first kappa shape index (κ1) is 21.0. The molecule has 0 aromatic carbocycles. The molecule has 2 heterocycles. The predicted octanol–water partition coefficient (Wildman–Crippen LogP) is 2.78. The van der Waals surface area contributed by atoms with E-state index >= 15 is 0 Å². The van der Waals surface area contributed by atoms with E-state index < -0.39 is 0 Å². The standard InChI is InChI=1S/C19H29N5O.HI/c1-15-5-3-11-24-13-17(23-18(15)24)8-10-22-19(20-2)21-9-4-12-25-14-16-6-7-16;/h3,5,11,13,16H,4,6-10,12,14H2,1-2H3,(H2,20,21,22);1H. The van der Waals surface area contributed by atoms with Crippen LogP contribution in [0, 0.1) is 12.8 Å². The van der Waals surface area contributed by atoms with Crippen molar-refractivity contribution in [2.45, 2.75) is 32.6 Å². The van der Waals surface area contributed by atoms with Crippen molar-refractivity contribution in [3.63, 3.8) is 0 Å². The van der Waals surface area contributed by atoms with Crippen molar-refractivity contribution in [1.29, 1.82) is 0 Å². The first-order chi connectivity index (χ1) is 12.3. The third-order valence-electron chi connectivity index (χ3n) is 4.43. The summed E-state index contributed by atoms with van der Waals surface area (Å²) in [6.45, 7) is 5.52. The number of hydrogen-bond acceptors (Lipinski definition) is 3. The third-order valence-corrected chi connectivity index (χ3v) is 4.43. The van der Waals surface area contributed by atoms with Crippen LogP contribution in [0.3, 0.4) is 0 Å². The van der Waals surface area contributed by atoms with Crippen LogP contribution in [0.5, 0.6) is 0 Å². The Hall–Kier alpha value is -1.35. The zero-order chi connectivity index (χ0) is 17.5. The zero-order valence-electron chi connectivity index (χ0n) is 15.7. The lowest BCUT2D eigenvalue weighted by Crippen LogP contribution is -2.39. The van der Waals surface area contributed by atoms with Crippen molar-refractivity contribution < 1.29 is 4.74 Å². The van der Waals surface area contributed by atoms with Crippen LogP contribution in [-0.2, 0) is 11.2 Å². The van der Waals surface area contributed by atoms with Gasteiger partial charge in [-0.3, -0.25) is 4.99 Å². The molecule has 2 aromatic heterocycles. The van der Waals surface area contributed by atoms with Crippen molar-refractivity contribution in [3.05, 3.63) is 35.8 Å². The van der Waals surface area contributed by atoms with E-state index in [-0.39, 0.29) is 24.0 Å². The number of ether oxygens (including phenoxy) is 1. The molecule has 0 unspecified atom stereocenters. The molecule has 1 saturated carbocycles. The fraction of sp³-hybridized carbons (Fsp3) is 0.579. The summed E-state index contributed by atoms with van der Waals surface area (Å²) in [6.07, 6.45) is 8.70. The molecule has 0 bridgehead atoms. The Morgan fingerprint density at radius 2 is 2.15 bits per heavy atom. The van der Waals surface area contributed by atoms with Gasteiger partial charge in [-0.2, -0.15) is 0 Å². The molecule has 1 fully saturated rings. The van der Waals surface area contributed by atoms with Gasteiger partial charge in [-0.05, 0) is 43.7 Å². The molecule has 0 amide bonds. The van der Waals surface area contributed by atoms with Crippen LogP contribution in [0.1, 0.15) is 30.5 Å². The Balaban J connectivity index is 0.00000243. The van der Waals surface area contributed by atoms with Gasteiger partial charge in [0.25, 0.3) is 0 Å². The summed E-state index contributed by atoms with van der Waals surface area (Å²) in [5, 5.41) is 6.67. The number of nitrogens with one attached hydrogen (secondary N) is 2. The first-order valence-corrected chi connectivity index (χ1v) is 9.21. The number of imidazole rings is 1. The van der Waals surface area contributed by atoms with Gasteiger partial charge in [0.1, 0.15) is 5.65 Å². The Bertz CT molecular complexity index is 711. The maximum atomic E-state index is 5.64. The Morgan fingerprint density at radius 1 is 1.35 bits per heavy atom. The van der Waals surface area contributed by atoms with Crippen molar-refractivity contribution in [2.75, 3.05) is 33.4 Å². The van der Waals surface area contributed by atoms with Crippen molar-refractivity contribution in [1.82, 2.24) is 20.0 Å². The molecule has 2 aromatic rings. The molecule has 26 heavy (non-hydrogen) atoms. The number of aliphatic imine (C=N–C) groups is 1. The monoisotopic (exact) mass is 471 g/mol. The Kier molecular flexibility index (Phi) is 8.64. The number of nitrogens with zero attached hydrogens (tertiary/aromatic N) is 3. The quantitative estimate of drug-likeness (QED) is 0.256. The highest BCUT2D eigenvalue weighted by Crippen LogP contribution is 2.28. The molecule has 1 aliphatic rings. The Labute approximate surface area is 172 Å². The number of rotatable bonds is 9. The maximum absolute atomic E-state index is 5.64. The summed E-state index contributed by atoms with van der Waals surface area (Å²) in [4.78, 5) is 8.96. The van der Waals surface area contributed by atoms with Gasteiger partial charge in [0.05, 0.1) is 5.69 Å². The molecular formula is C19H30IN5O. The molecule has 3 rings (SSSR count). The predicted molar refractivity (Wildman–Crippen MR) is 117 cm³/mol. The van der Waals surface area contributed by atoms with Crippen LogP contribution in [0.4, 0.5) is 0 Å². The minimum absolute atomic E-state index is 0. The van der Waals surface area contributed by atoms with Crippen molar-refractivity contribution >= 4 is 35.6 Å². The topological polar surface area (TPSA) is 63.0 Å². The number of halogens is 1. The van der Waals surface area contributed by atoms with E-state index in [1.807, 2.05) is 12.3 Å². The zero-order valence-corrected chi connectivity index (χ0v) is 18.0. The van der Waals surface area contributed by atoms with Gasteiger partial charge in [0.15, 0.2) is 5.96 Å².